The van der Waals surface area contributed by atoms with Crippen LogP contribution in [0.15, 0.2) is 12.2 Å². The fourth-order valence-corrected chi connectivity index (χ4v) is 2.06. The molecule has 0 spiro atoms. The van der Waals surface area contributed by atoms with Gasteiger partial charge in [-0.15, -0.1) is 0 Å². The summed E-state index contributed by atoms with van der Waals surface area (Å²) in [4.78, 5) is 11.3. The maximum atomic E-state index is 11.3. The zero-order valence-corrected chi connectivity index (χ0v) is 14.1. The van der Waals surface area contributed by atoms with E-state index in [4.69, 9.17) is 4.55 Å². The molecule has 126 valence electrons. The molecule has 0 aliphatic rings. The van der Waals surface area contributed by atoms with E-state index < -0.39 is 15.4 Å². The van der Waals surface area contributed by atoms with Crippen molar-refractivity contribution in [3.8, 4) is 0 Å². The van der Waals surface area contributed by atoms with Crippen molar-refractivity contribution in [2.45, 2.75) is 31.9 Å². The summed E-state index contributed by atoms with van der Waals surface area (Å²) in [6.07, 6.45) is 1.20. The topological polar surface area (TPSA) is 113 Å². The molecule has 1 amide bonds. The lowest BCUT2D eigenvalue weighted by molar-refractivity contribution is -0.890. The van der Waals surface area contributed by atoms with Gasteiger partial charge in [-0.05, 0) is 13.8 Å². The van der Waals surface area contributed by atoms with Gasteiger partial charge >= 0.3 is 0 Å². The Bertz CT molecular complexity index is 445. The highest BCUT2D eigenvalue weighted by Crippen LogP contribution is 2.08. The summed E-state index contributed by atoms with van der Waals surface area (Å²) in [6.45, 7) is 8.75. The zero-order chi connectivity index (χ0) is 16.0. The Labute approximate surface area is 127 Å². The summed E-state index contributed by atoms with van der Waals surface area (Å²) >= 11 is 0. The molecule has 21 heavy (non-hydrogen) atoms. The van der Waals surface area contributed by atoms with Gasteiger partial charge in [0.1, 0.15) is 0 Å². The maximum Gasteiger partial charge on any atom is 0.267 e. The molecule has 0 rings (SSSR count). The molecule has 0 aliphatic carbocycles. The minimum absolute atomic E-state index is 0. The molecule has 0 bridgehead atoms. The zero-order valence-electron chi connectivity index (χ0n) is 13.3. The Balaban J connectivity index is 0. The van der Waals surface area contributed by atoms with Gasteiger partial charge in [-0.3, -0.25) is 9.35 Å². The van der Waals surface area contributed by atoms with Crippen LogP contribution in [0.1, 0.15) is 26.7 Å². The molecule has 1 atom stereocenters. The molecule has 0 radical (unpaired) electrons. The molecular formula is C13H28N2O5S. The van der Waals surface area contributed by atoms with Crippen LogP contribution in [0.5, 0.6) is 0 Å². The molecule has 0 aromatic rings. The molecule has 0 heterocycles. The SMILES string of the molecule is C=C(C)C(=O)NCCC[N+](C)(C)CCC(C)S(=O)(=O)O.[OH-]. The van der Waals surface area contributed by atoms with Crippen molar-refractivity contribution in [1.29, 1.82) is 0 Å². The van der Waals surface area contributed by atoms with E-state index in [0.29, 0.717) is 29.6 Å². The van der Waals surface area contributed by atoms with Gasteiger partial charge in [-0.1, -0.05) is 6.58 Å². The van der Waals surface area contributed by atoms with E-state index in [9.17, 15) is 13.2 Å². The highest BCUT2D eigenvalue weighted by atomic mass is 32.2. The summed E-state index contributed by atoms with van der Waals surface area (Å²) in [6, 6.07) is 0. The summed E-state index contributed by atoms with van der Waals surface area (Å²) in [5, 5.41) is 2.01. The second-order valence-corrected chi connectivity index (χ2v) is 7.72. The Morgan fingerprint density at radius 3 is 2.29 bits per heavy atom. The van der Waals surface area contributed by atoms with Crippen LogP contribution in [-0.4, -0.2) is 67.8 Å². The molecular weight excluding hydrogens is 296 g/mol. The standard InChI is InChI=1S/C13H26N2O4S.H2O/c1-11(2)13(16)14-8-6-9-15(4,5)10-7-12(3)20(17,18)19;/h12H,1,6-10H2,2-5H3,(H-,14,16,17,18,19);1H2. The van der Waals surface area contributed by atoms with Crippen molar-refractivity contribution in [3.05, 3.63) is 12.2 Å². The predicted octanol–water partition coefficient (Wildman–Crippen LogP) is 0.635. The second kappa shape index (κ2) is 9.14. The van der Waals surface area contributed by atoms with Crippen LogP contribution in [-0.2, 0) is 14.9 Å². The van der Waals surface area contributed by atoms with Gasteiger partial charge in [0.05, 0.1) is 32.4 Å². The lowest BCUT2D eigenvalue weighted by Crippen LogP contribution is -2.44. The van der Waals surface area contributed by atoms with E-state index >= 15 is 0 Å². The first kappa shape index (κ1) is 22.3. The van der Waals surface area contributed by atoms with Gasteiger partial charge in [0, 0.05) is 25.0 Å². The van der Waals surface area contributed by atoms with Crippen molar-refractivity contribution < 1.29 is 27.7 Å². The third kappa shape index (κ3) is 10.4. The first-order chi connectivity index (χ1) is 8.96. The number of carbonyl (C=O) groups excluding carboxylic acids is 1. The molecule has 0 aromatic carbocycles. The van der Waals surface area contributed by atoms with E-state index in [-0.39, 0.29) is 11.4 Å². The minimum atomic E-state index is -3.95. The lowest BCUT2D eigenvalue weighted by Gasteiger charge is -2.30. The Hall–Kier alpha value is -0.960. The third-order valence-electron chi connectivity index (χ3n) is 3.26. The Kier molecular flexibility index (Phi) is 9.71. The molecule has 0 aromatic heterocycles. The number of nitrogens with zero attached hydrogens (tertiary/aromatic N) is 1. The predicted molar refractivity (Wildman–Crippen MR) is 81.8 cm³/mol. The monoisotopic (exact) mass is 324 g/mol. The highest BCUT2D eigenvalue weighted by molar-refractivity contribution is 7.86. The fourth-order valence-electron chi connectivity index (χ4n) is 1.65. The highest BCUT2D eigenvalue weighted by Gasteiger charge is 2.22. The van der Waals surface area contributed by atoms with Crippen molar-refractivity contribution in [2.24, 2.45) is 0 Å². The van der Waals surface area contributed by atoms with Gasteiger partial charge in [-0.2, -0.15) is 8.42 Å². The molecule has 3 N–H and O–H groups in total. The van der Waals surface area contributed by atoms with Crippen LogP contribution in [0.3, 0.4) is 0 Å². The van der Waals surface area contributed by atoms with Crippen molar-refractivity contribution in [2.75, 3.05) is 33.7 Å². The Morgan fingerprint density at radius 1 is 1.33 bits per heavy atom. The number of amides is 1. The smallest absolute Gasteiger partial charge is 0.267 e. The number of quaternary nitrogens is 1. The summed E-state index contributed by atoms with van der Waals surface area (Å²) < 4.78 is 31.4. The van der Waals surface area contributed by atoms with Crippen LogP contribution in [0.4, 0.5) is 0 Å². The largest absolute Gasteiger partial charge is 0.870 e. The van der Waals surface area contributed by atoms with Crippen LogP contribution in [0.25, 0.3) is 0 Å². The minimum Gasteiger partial charge on any atom is -0.870 e. The van der Waals surface area contributed by atoms with E-state index in [0.717, 1.165) is 13.0 Å². The Morgan fingerprint density at radius 2 is 1.86 bits per heavy atom. The number of hydrogen-bond acceptors (Lipinski definition) is 4. The van der Waals surface area contributed by atoms with E-state index in [1.807, 2.05) is 14.1 Å². The second-order valence-electron chi connectivity index (χ2n) is 5.89. The van der Waals surface area contributed by atoms with Gasteiger partial charge < -0.3 is 15.3 Å². The fraction of sp³-hybridized carbons (Fsp3) is 0.769. The number of rotatable bonds is 9. The van der Waals surface area contributed by atoms with Crippen LogP contribution in [0.2, 0.25) is 0 Å². The molecule has 8 heteroatoms. The summed E-state index contributed by atoms with van der Waals surface area (Å²) in [5.74, 6) is -0.143. The van der Waals surface area contributed by atoms with E-state index in [1.165, 1.54) is 6.92 Å². The van der Waals surface area contributed by atoms with Crippen LogP contribution in [0, 0.1) is 0 Å². The third-order valence-corrected chi connectivity index (χ3v) is 4.52. The molecule has 7 nitrogen and oxygen atoms in total. The number of carbonyl (C=O) groups is 1. The van der Waals surface area contributed by atoms with Gasteiger partial charge in [0.25, 0.3) is 10.1 Å². The maximum absolute atomic E-state index is 11.3. The summed E-state index contributed by atoms with van der Waals surface area (Å²) in [5.41, 5.74) is 0.487. The molecule has 0 saturated heterocycles. The van der Waals surface area contributed by atoms with Gasteiger partial charge in [-0.25, -0.2) is 0 Å². The van der Waals surface area contributed by atoms with Gasteiger partial charge in [0.15, 0.2) is 0 Å². The van der Waals surface area contributed by atoms with E-state index in [1.54, 1.807) is 6.92 Å². The quantitative estimate of drug-likeness (QED) is 0.279. The van der Waals surface area contributed by atoms with Gasteiger partial charge in [0.2, 0.25) is 5.91 Å². The van der Waals surface area contributed by atoms with E-state index in [2.05, 4.69) is 11.9 Å². The summed E-state index contributed by atoms with van der Waals surface area (Å²) in [7, 11) is 0.0467. The molecule has 1 unspecified atom stereocenters. The molecule has 0 aliphatic heterocycles. The molecule has 0 saturated carbocycles. The van der Waals surface area contributed by atoms with Crippen molar-refractivity contribution >= 4 is 16.0 Å². The normalized spacial score (nSPS) is 13.2. The van der Waals surface area contributed by atoms with Crippen LogP contribution >= 0.6 is 0 Å². The van der Waals surface area contributed by atoms with Crippen molar-refractivity contribution in [1.82, 2.24) is 5.32 Å². The average Bonchev–Trinajstić information content (AvgIpc) is 2.30. The lowest BCUT2D eigenvalue weighted by atomic mass is 10.2. The molecule has 0 fully saturated rings. The average molecular weight is 324 g/mol. The first-order valence-electron chi connectivity index (χ1n) is 6.68. The van der Waals surface area contributed by atoms with Crippen LogP contribution < -0.4 is 5.32 Å². The first-order valence-corrected chi connectivity index (χ1v) is 8.18. The van der Waals surface area contributed by atoms with Crippen molar-refractivity contribution in [3.63, 3.8) is 0 Å². The number of hydrogen-bond donors (Lipinski definition) is 2. The number of nitrogens with one attached hydrogen (secondary N) is 1.